The first-order valence-corrected chi connectivity index (χ1v) is 7.41. The predicted octanol–water partition coefficient (Wildman–Crippen LogP) is 3.99. The van der Waals surface area contributed by atoms with Gasteiger partial charge in [0, 0.05) is 16.2 Å². The van der Waals surface area contributed by atoms with E-state index < -0.39 is 0 Å². The third kappa shape index (κ3) is 3.05. The molecule has 94 valence electrons. The molecular formula is C15H23NS. The molecule has 0 radical (unpaired) electrons. The maximum atomic E-state index is 6.06. The number of hydrogen-bond donors (Lipinski definition) is 1. The molecule has 0 saturated heterocycles. The lowest BCUT2D eigenvalue weighted by atomic mass is 9.82. The summed E-state index contributed by atoms with van der Waals surface area (Å²) in [7, 11) is 0. The van der Waals surface area contributed by atoms with Crippen molar-refractivity contribution in [2.75, 3.05) is 6.54 Å². The van der Waals surface area contributed by atoms with Crippen LogP contribution in [0, 0.1) is 12.8 Å². The van der Waals surface area contributed by atoms with Gasteiger partial charge in [0.2, 0.25) is 0 Å². The molecule has 0 heterocycles. The van der Waals surface area contributed by atoms with Crippen LogP contribution >= 0.6 is 11.8 Å². The molecule has 1 aliphatic carbocycles. The number of aryl methyl sites for hydroxylation is 1. The molecule has 0 aromatic heterocycles. The highest BCUT2D eigenvalue weighted by Crippen LogP contribution is 2.45. The summed E-state index contributed by atoms with van der Waals surface area (Å²) in [6.07, 6.45) is 5.19. The van der Waals surface area contributed by atoms with Crippen LogP contribution in [0.4, 0.5) is 0 Å². The van der Waals surface area contributed by atoms with Crippen LogP contribution in [0.2, 0.25) is 0 Å². The standard InChI is InChI=1S/C15H23NS/c1-12-7-9-15(11-16,10-8-12)17-14-6-4-3-5-13(14)2/h3-6,12H,7-11,16H2,1-2H3. The number of thioether (sulfide) groups is 1. The molecule has 0 unspecified atom stereocenters. The Hall–Kier alpha value is -0.470. The van der Waals surface area contributed by atoms with E-state index >= 15 is 0 Å². The molecule has 1 nitrogen and oxygen atoms in total. The minimum Gasteiger partial charge on any atom is -0.329 e. The van der Waals surface area contributed by atoms with Gasteiger partial charge in [0.15, 0.2) is 0 Å². The van der Waals surface area contributed by atoms with Crippen molar-refractivity contribution in [1.82, 2.24) is 0 Å². The molecule has 1 aliphatic rings. The minimum atomic E-state index is 0.290. The van der Waals surface area contributed by atoms with E-state index in [1.807, 2.05) is 11.8 Å². The smallest absolute Gasteiger partial charge is 0.0329 e. The van der Waals surface area contributed by atoms with Crippen molar-refractivity contribution in [3.8, 4) is 0 Å². The van der Waals surface area contributed by atoms with E-state index in [2.05, 4.69) is 38.1 Å². The first-order chi connectivity index (χ1) is 8.15. The molecule has 1 aromatic rings. The first-order valence-electron chi connectivity index (χ1n) is 6.60. The summed E-state index contributed by atoms with van der Waals surface area (Å²) < 4.78 is 0.290. The summed E-state index contributed by atoms with van der Waals surface area (Å²) in [6, 6.07) is 8.66. The van der Waals surface area contributed by atoms with Gasteiger partial charge in [0.25, 0.3) is 0 Å². The molecular weight excluding hydrogens is 226 g/mol. The van der Waals surface area contributed by atoms with Crippen molar-refractivity contribution in [2.24, 2.45) is 11.7 Å². The molecule has 1 aromatic carbocycles. The third-order valence-corrected chi connectivity index (χ3v) is 5.66. The van der Waals surface area contributed by atoms with Crippen molar-refractivity contribution in [2.45, 2.75) is 49.2 Å². The summed E-state index contributed by atoms with van der Waals surface area (Å²) in [5.74, 6) is 0.882. The Bertz CT molecular complexity index is 367. The molecule has 1 saturated carbocycles. The summed E-state index contributed by atoms with van der Waals surface area (Å²) in [6.45, 7) is 5.36. The molecule has 1 fully saturated rings. The van der Waals surface area contributed by atoms with Crippen LogP contribution < -0.4 is 5.73 Å². The predicted molar refractivity (Wildman–Crippen MR) is 76.5 cm³/mol. The SMILES string of the molecule is Cc1ccccc1SC1(CN)CCC(C)CC1. The van der Waals surface area contributed by atoms with Crippen LogP contribution in [0.15, 0.2) is 29.2 Å². The summed E-state index contributed by atoms with van der Waals surface area (Å²) in [5.41, 5.74) is 7.44. The van der Waals surface area contributed by atoms with Crippen LogP contribution in [0.25, 0.3) is 0 Å². The maximum Gasteiger partial charge on any atom is 0.0329 e. The quantitative estimate of drug-likeness (QED) is 0.876. The Kier molecular flexibility index (Phi) is 4.16. The second-order valence-electron chi connectivity index (χ2n) is 5.44. The lowest BCUT2D eigenvalue weighted by Gasteiger charge is -2.38. The Morgan fingerprint density at radius 1 is 1.29 bits per heavy atom. The first kappa shape index (κ1) is 13.0. The lowest BCUT2D eigenvalue weighted by Crippen LogP contribution is -2.38. The molecule has 0 aliphatic heterocycles. The van der Waals surface area contributed by atoms with E-state index in [1.165, 1.54) is 36.1 Å². The third-order valence-electron chi connectivity index (χ3n) is 3.98. The van der Waals surface area contributed by atoms with Crippen LogP contribution in [0.3, 0.4) is 0 Å². The largest absolute Gasteiger partial charge is 0.329 e. The number of rotatable bonds is 3. The van der Waals surface area contributed by atoms with Crippen molar-refractivity contribution in [3.05, 3.63) is 29.8 Å². The van der Waals surface area contributed by atoms with Crippen molar-refractivity contribution < 1.29 is 0 Å². The van der Waals surface area contributed by atoms with Crippen molar-refractivity contribution >= 4 is 11.8 Å². The van der Waals surface area contributed by atoms with Gasteiger partial charge >= 0.3 is 0 Å². The number of nitrogens with two attached hydrogens (primary N) is 1. The lowest BCUT2D eigenvalue weighted by molar-refractivity contribution is 0.323. The summed E-state index contributed by atoms with van der Waals surface area (Å²) in [4.78, 5) is 1.41. The van der Waals surface area contributed by atoms with Gasteiger partial charge in [0.05, 0.1) is 0 Å². The van der Waals surface area contributed by atoms with Crippen LogP contribution in [0.5, 0.6) is 0 Å². The van der Waals surface area contributed by atoms with E-state index in [9.17, 15) is 0 Å². The van der Waals surface area contributed by atoms with Gasteiger partial charge in [-0.3, -0.25) is 0 Å². The second-order valence-corrected chi connectivity index (χ2v) is 6.95. The van der Waals surface area contributed by atoms with Gasteiger partial charge in [-0.15, -0.1) is 11.8 Å². The van der Waals surface area contributed by atoms with Crippen LogP contribution in [-0.4, -0.2) is 11.3 Å². The molecule has 2 rings (SSSR count). The van der Waals surface area contributed by atoms with Gasteiger partial charge < -0.3 is 5.73 Å². The van der Waals surface area contributed by atoms with Crippen molar-refractivity contribution in [1.29, 1.82) is 0 Å². The summed E-state index contributed by atoms with van der Waals surface area (Å²) in [5, 5.41) is 0. The average Bonchev–Trinajstić information content (AvgIpc) is 2.35. The van der Waals surface area contributed by atoms with Crippen LogP contribution in [0.1, 0.15) is 38.2 Å². The van der Waals surface area contributed by atoms with Crippen molar-refractivity contribution in [3.63, 3.8) is 0 Å². The Morgan fingerprint density at radius 2 is 1.94 bits per heavy atom. The normalized spacial score (nSPS) is 29.2. The van der Waals surface area contributed by atoms with E-state index in [0.717, 1.165) is 12.5 Å². The Balaban J connectivity index is 2.12. The van der Waals surface area contributed by atoms with Gasteiger partial charge in [-0.05, 0) is 50.2 Å². The Morgan fingerprint density at radius 3 is 2.53 bits per heavy atom. The van der Waals surface area contributed by atoms with Gasteiger partial charge in [-0.2, -0.15) is 0 Å². The van der Waals surface area contributed by atoms with Crippen LogP contribution in [-0.2, 0) is 0 Å². The van der Waals surface area contributed by atoms with Gasteiger partial charge in [-0.25, -0.2) is 0 Å². The van der Waals surface area contributed by atoms with E-state index in [1.54, 1.807) is 0 Å². The fourth-order valence-electron chi connectivity index (χ4n) is 2.54. The molecule has 0 spiro atoms. The monoisotopic (exact) mass is 249 g/mol. The second kappa shape index (κ2) is 5.45. The molecule has 2 heteroatoms. The molecule has 0 atom stereocenters. The topological polar surface area (TPSA) is 26.0 Å². The Labute approximate surface area is 109 Å². The average molecular weight is 249 g/mol. The zero-order valence-electron chi connectivity index (χ0n) is 10.9. The highest BCUT2D eigenvalue weighted by molar-refractivity contribution is 8.00. The zero-order valence-corrected chi connectivity index (χ0v) is 11.7. The maximum absolute atomic E-state index is 6.06. The zero-order chi connectivity index (χ0) is 12.3. The van der Waals surface area contributed by atoms with Gasteiger partial charge in [0.1, 0.15) is 0 Å². The highest BCUT2D eigenvalue weighted by atomic mass is 32.2. The molecule has 17 heavy (non-hydrogen) atoms. The molecule has 0 amide bonds. The minimum absolute atomic E-state index is 0.290. The fourth-order valence-corrected chi connectivity index (χ4v) is 3.91. The van der Waals surface area contributed by atoms with E-state index in [-0.39, 0.29) is 0 Å². The molecule has 2 N–H and O–H groups in total. The van der Waals surface area contributed by atoms with E-state index in [4.69, 9.17) is 5.73 Å². The summed E-state index contributed by atoms with van der Waals surface area (Å²) >= 11 is 2.02. The fraction of sp³-hybridized carbons (Fsp3) is 0.600. The van der Waals surface area contributed by atoms with E-state index in [0.29, 0.717) is 4.75 Å². The molecule has 0 bridgehead atoms. The van der Waals surface area contributed by atoms with Gasteiger partial charge in [-0.1, -0.05) is 25.1 Å². The highest BCUT2D eigenvalue weighted by Gasteiger charge is 2.34. The number of hydrogen-bond acceptors (Lipinski definition) is 2. The number of benzene rings is 1.